The second-order valence-electron chi connectivity index (χ2n) is 5.54. The number of fused-ring (bicyclic) bond motifs is 2. The quantitative estimate of drug-likeness (QED) is 0.505. The minimum absolute atomic E-state index is 0.561. The molecular weight excluding hydrogens is 254 g/mol. The van der Waals surface area contributed by atoms with Crippen molar-refractivity contribution in [3.63, 3.8) is 0 Å². The first-order valence-corrected chi connectivity index (χ1v) is 7.37. The largest absolute Gasteiger partial charge is 0.358 e. The Morgan fingerprint density at radius 1 is 1.21 bits per heavy atom. The lowest BCUT2D eigenvalue weighted by molar-refractivity contribution is 0.389. The zero-order valence-corrected chi connectivity index (χ0v) is 11.7. The molecule has 3 atom stereocenters. The monoisotopic (exact) mass is 273 g/mol. The molecule has 2 bridgehead atoms. The molecule has 3 rings (SSSR count). The molecule has 1 aromatic rings. The standard InChI is InChI=1S/C15H19N3S/c19-15(17-14-9-12-6-7-13(14)8-12)18-16-10-11-4-2-1-3-5-11/h1-5,10,12-14H,6-9H2,(H2,17,18,19)/b16-10+. The molecule has 100 valence electrons. The summed E-state index contributed by atoms with van der Waals surface area (Å²) in [5.41, 5.74) is 3.97. The van der Waals surface area contributed by atoms with Crippen LogP contribution in [0.4, 0.5) is 0 Å². The summed E-state index contributed by atoms with van der Waals surface area (Å²) in [4.78, 5) is 0. The van der Waals surface area contributed by atoms with Crippen LogP contribution in [0.2, 0.25) is 0 Å². The third-order valence-electron chi connectivity index (χ3n) is 4.23. The zero-order chi connectivity index (χ0) is 13.1. The van der Waals surface area contributed by atoms with E-state index in [0.29, 0.717) is 11.2 Å². The first-order chi connectivity index (χ1) is 9.31. The lowest BCUT2D eigenvalue weighted by Crippen LogP contribution is -2.42. The molecule has 0 spiro atoms. The third-order valence-corrected chi connectivity index (χ3v) is 4.44. The maximum absolute atomic E-state index is 5.29. The van der Waals surface area contributed by atoms with Gasteiger partial charge in [-0.15, -0.1) is 0 Å². The number of hydrogen-bond acceptors (Lipinski definition) is 2. The van der Waals surface area contributed by atoms with Crippen LogP contribution in [0.1, 0.15) is 31.2 Å². The van der Waals surface area contributed by atoms with Crippen molar-refractivity contribution in [1.82, 2.24) is 10.7 Å². The highest BCUT2D eigenvalue weighted by molar-refractivity contribution is 7.80. The first kappa shape index (κ1) is 12.6. The van der Waals surface area contributed by atoms with Crippen LogP contribution in [0.15, 0.2) is 35.4 Å². The number of thiocarbonyl (C=S) groups is 1. The molecule has 2 saturated carbocycles. The van der Waals surface area contributed by atoms with Crippen LogP contribution in [0, 0.1) is 11.8 Å². The summed E-state index contributed by atoms with van der Waals surface area (Å²) < 4.78 is 0. The summed E-state index contributed by atoms with van der Waals surface area (Å²) in [6.07, 6.45) is 7.21. The van der Waals surface area contributed by atoms with E-state index < -0.39 is 0 Å². The average molecular weight is 273 g/mol. The lowest BCUT2D eigenvalue weighted by atomic mass is 9.96. The van der Waals surface area contributed by atoms with Gasteiger partial charge >= 0.3 is 0 Å². The Bertz CT molecular complexity index is 472. The van der Waals surface area contributed by atoms with Crippen LogP contribution in [0.5, 0.6) is 0 Å². The highest BCUT2D eigenvalue weighted by Crippen LogP contribution is 2.44. The van der Waals surface area contributed by atoms with Gasteiger partial charge in [0.2, 0.25) is 0 Å². The van der Waals surface area contributed by atoms with E-state index in [-0.39, 0.29) is 0 Å². The average Bonchev–Trinajstić information content (AvgIpc) is 3.02. The zero-order valence-electron chi connectivity index (χ0n) is 10.9. The Hall–Kier alpha value is -1.42. The van der Waals surface area contributed by atoms with Crippen LogP contribution < -0.4 is 10.7 Å². The summed E-state index contributed by atoms with van der Waals surface area (Å²) in [7, 11) is 0. The molecule has 2 N–H and O–H groups in total. The van der Waals surface area contributed by atoms with Gasteiger partial charge in [0.15, 0.2) is 5.11 Å². The Balaban J connectivity index is 1.46. The summed E-state index contributed by atoms with van der Waals surface area (Å²) in [6.45, 7) is 0. The van der Waals surface area contributed by atoms with Gasteiger partial charge in [0.1, 0.15) is 0 Å². The topological polar surface area (TPSA) is 36.4 Å². The summed E-state index contributed by atoms with van der Waals surface area (Å²) in [5.74, 6) is 1.75. The van der Waals surface area contributed by atoms with Crippen LogP contribution >= 0.6 is 12.2 Å². The second-order valence-corrected chi connectivity index (χ2v) is 5.94. The molecule has 0 radical (unpaired) electrons. The van der Waals surface area contributed by atoms with Crippen molar-refractivity contribution in [3.05, 3.63) is 35.9 Å². The number of benzene rings is 1. The molecule has 0 saturated heterocycles. The van der Waals surface area contributed by atoms with Crippen LogP contribution in [-0.4, -0.2) is 17.4 Å². The molecule has 4 heteroatoms. The molecule has 2 aliphatic rings. The molecule has 0 amide bonds. The number of nitrogens with one attached hydrogen (secondary N) is 2. The molecule has 0 aliphatic heterocycles. The van der Waals surface area contributed by atoms with E-state index in [0.717, 1.165) is 17.4 Å². The molecule has 2 aliphatic carbocycles. The van der Waals surface area contributed by atoms with Gasteiger partial charge in [-0.1, -0.05) is 36.8 Å². The summed E-state index contributed by atoms with van der Waals surface area (Å²) in [5, 5.41) is 8.21. The Morgan fingerprint density at radius 3 is 2.74 bits per heavy atom. The highest BCUT2D eigenvalue weighted by atomic mass is 32.1. The van der Waals surface area contributed by atoms with Crippen molar-refractivity contribution in [2.45, 2.75) is 31.7 Å². The summed E-state index contributed by atoms with van der Waals surface area (Å²) >= 11 is 5.29. The summed E-state index contributed by atoms with van der Waals surface area (Å²) in [6, 6.07) is 10.6. The van der Waals surface area contributed by atoms with E-state index in [4.69, 9.17) is 12.2 Å². The van der Waals surface area contributed by atoms with Crippen molar-refractivity contribution in [3.8, 4) is 0 Å². The molecular formula is C15H19N3S. The SMILES string of the molecule is S=C(N/N=C/c1ccccc1)NC1CC2CCC1C2. The van der Waals surface area contributed by atoms with Gasteiger partial charge in [-0.3, -0.25) is 5.43 Å². The molecule has 0 aromatic heterocycles. The van der Waals surface area contributed by atoms with Gasteiger partial charge in [0.05, 0.1) is 6.21 Å². The van der Waals surface area contributed by atoms with Gasteiger partial charge in [-0.25, -0.2) is 0 Å². The maximum atomic E-state index is 5.29. The minimum atomic E-state index is 0.561. The Labute approximate surface area is 119 Å². The fourth-order valence-corrected chi connectivity index (χ4v) is 3.53. The van der Waals surface area contributed by atoms with Crippen molar-refractivity contribution in [2.24, 2.45) is 16.9 Å². The van der Waals surface area contributed by atoms with Gasteiger partial charge in [0.25, 0.3) is 0 Å². The van der Waals surface area contributed by atoms with Gasteiger partial charge in [-0.2, -0.15) is 5.10 Å². The van der Waals surface area contributed by atoms with E-state index in [1.54, 1.807) is 6.21 Å². The lowest BCUT2D eigenvalue weighted by Gasteiger charge is -2.23. The smallest absolute Gasteiger partial charge is 0.187 e. The van der Waals surface area contributed by atoms with Gasteiger partial charge < -0.3 is 5.32 Å². The Morgan fingerprint density at radius 2 is 2.05 bits per heavy atom. The minimum Gasteiger partial charge on any atom is -0.358 e. The van der Waals surface area contributed by atoms with Crippen LogP contribution in [-0.2, 0) is 0 Å². The maximum Gasteiger partial charge on any atom is 0.187 e. The van der Waals surface area contributed by atoms with Gasteiger partial charge in [0, 0.05) is 6.04 Å². The molecule has 2 fully saturated rings. The van der Waals surface area contributed by atoms with Gasteiger partial charge in [-0.05, 0) is 48.9 Å². The van der Waals surface area contributed by atoms with Crippen LogP contribution in [0.25, 0.3) is 0 Å². The fourth-order valence-electron chi connectivity index (χ4n) is 3.33. The van der Waals surface area contributed by atoms with E-state index in [2.05, 4.69) is 15.8 Å². The van der Waals surface area contributed by atoms with Crippen molar-refractivity contribution in [1.29, 1.82) is 0 Å². The molecule has 19 heavy (non-hydrogen) atoms. The van der Waals surface area contributed by atoms with Crippen molar-refractivity contribution < 1.29 is 0 Å². The second kappa shape index (κ2) is 5.70. The Kier molecular flexibility index (Phi) is 3.78. The van der Waals surface area contributed by atoms with E-state index in [9.17, 15) is 0 Å². The van der Waals surface area contributed by atoms with E-state index >= 15 is 0 Å². The first-order valence-electron chi connectivity index (χ1n) is 6.96. The number of rotatable bonds is 3. The third kappa shape index (κ3) is 3.13. The van der Waals surface area contributed by atoms with E-state index in [1.165, 1.54) is 25.7 Å². The number of hydrogen-bond donors (Lipinski definition) is 2. The normalized spacial score (nSPS) is 28.7. The van der Waals surface area contributed by atoms with Crippen molar-refractivity contribution in [2.75, 3.05) is 0 Å². The van der Waals surface area contributed by atoms with Crippen LogP contribution in [0.3, 0.4) is 0 Å². The highest BCUT2D eigenvalue weighted by Gasteiger charge is 2.39. The number of nitrogens with zero attached hydrogens (tertiary/aromatic N) is 1. The molecule has 0 heterocycles. The predicted molar refractivity (Wildman–Crippen MR) is 82.1 cm³/mol. The molecule has 3 unspecified atom stereocenters. The predicted octanol–water partition coefficient (Wildman–Crippen LogP) is 2.67. The number of hydrazone groups is 1. The van der Waals surface area contributed by atoms with E-state index in [1.807, 2.05) is 30.3 Å². The fraction of sp³-hybridized carbons (Fsp3) is 0.467. The molecule has 1 aromatic carbocycles. The van der Waals surface area contributed by atoms with Crippen molar-refractivity contribution >= 4 is 23.5 Å². The molecule has 3 nitrogen and oxygen atoms in total.